The summed E-state index contributed by atoms with van der Waals surface area (Å²) in [4.78, 5) is 11.3. The van der Waals surface area contributed by atoms with E-state index in [1.807, 2.05) is 0 Å². The first-order valence-electron chi connectivity index (χ1n) is 7.87. The zero-order chi connectivity index (χ0) is 18.7. The first-order chi connectivity index (χ1) is 11.8. The Morgan fingerprint density at radius 1 is 0.800 bits per heavy atom. The van der Waals surface area contributed by atoms with Gasteiger partial charge in [0.2, 0.25) is 0 Å². The molecule has 11 heteroatoms. The molecule has 0 bridgehead atoms. The minimum atomic E-state index is -1.76. The number of rotatable bonds is 6. The number of hydrogen-bond acceptors (Lipinski definition) is 11. The number of aliphatic hydroxyl groups is 7. The molecule has 2 heterocycles. The second-order valence-electron chi connectivity index (χ2n) is 6.16. The molecule has 9 atom stereocenters. The van der Waals surface area contributed by atoms with Crippen LogP contribution in [0.3, 0.4) is 0 Å². The van der Waals surface area contributed by atoms with Crippen molar-refractivity contribution in [3.05, 3.63) is 0 Å². The van der Waals surface area contributed by atoms with Crippen LogP contribution in [0, 0.1) is 5.92 Å². The van der Waals surface area contributed by atoms with Gasteiger partial charge >= 0.3 is 5.97 Å². The first-order valence-corrected chi connectivity index (χ1v) is 7.87. The van der Waals surface area contributed by atoms with Crippen molar-refractivity contribution in [2.75, 3.05) is 26.4 Å². The molecule has 2 saturated heterocycles. The van der Waals surface area contributed by atoms with E-state index in [0.717, 1.165) is 0 Å². The van der Waals surface area contributed by atoms with E-state index in [2.05, 4.69) is 0 Å². The van der Waals surface area contributed by atoms with Crippen molar-refractivity contribution in [2.24, 2.45) is 5.92 Å². The van der Waals surface area contributed by atoms with Gasteiger partial charge in [0, 0.05) is 0 Å². The highest BCUT2D eigenvalue weighted by Gasteiger charge is 2.46. The van der Waals surface area contributed by atoms with E-state index in [-0.39, 0.29) is 13.2 Å². The van der Waals surface area contributed by atoms with Crippen molar-refractivity contribution in [2.45, 2.75) is 48.8 Å². The van der Waals surface area contributed by atoms with E-state index in [0.29, 0.717) is 0 Å². The van der Waals surface area contributed by atoms with Crippen molar-refractivity contribution in [3.8, 4) is 0 Å². The van der Waals surface area contributed by atoms with Crippen LogP contribution in [0.5, 0.6) is 0 Å². The summed E-state index contributed by atoms with van der Waals surface area (Å²) in [5, 5.41) is 67.1. The van der Waals surface area contributed by atoms with Gasteiger partial charge in [0.1, 0.15) is 36.6 Å². The molecule has 0 unspecified atom stereocenters. The van der Waals surface area contributed by atoms with Crippen LogP contribution in [-0.2, 0) is 19.0 Å². The second-order valence-corrected chi connectivity index (χ2v) is 6.16. The average Bonchev–Trinajstić information content (AvgIpc) is 2.61. The molecule has 0 aromatic rings. The lowest BCUT2D eigenvalue weighted by Crippen LogP contribution is -2.60. The standard InChI is InChI=1S/C14H24O11/c15-1-6-5(9(17)13(21)14(22)25-6)3-23-4-8-11(19)12(20)10(18)7(2-16)24-8/h5-13,15-21H,1-4H2/t5-,6-,7-,8+,9+,10+,11+,12+,13-/m0/s1. The Hall–Kier alpha value is -0.890. The fourth-order valence-electron chi connectivity index (χ4n) is 2.91. The summed E-state index contributed by atoms with van der Waals surface area (Å²) in [5.74, 6) is -1.96. The predicted octanol–water partition coefficient (Wildman–Crippen LogP) is -4.90. The summed E-state index contributed by atoms with van der Waals surface area (Å²) in [5.41, 5.74) is 0. The quantitative estimate of drug-likeness (QED) is 0.223. The SMILES string of the molecule is O=C1O[C@@H](CO)[C@H](COC[C@H]2O[C@@H](CO)[C@@H](O)[C@@H](O)[C@@H]2O)[C@@H](O)[C@@H]1O. The topological polar surface area (TPSA) is 186 Å². The van der Waals surface area contributed by atoms with Gasteiger partial charge in [-0.15, -0.1) is 0 Å². The molecule has 11 nitrogen and oxygen atoms in total. The largest absolute Gasteiger partial charge is 0.457 e. The Kier molecular flexibility index (Phi) is 7.08. The highest BCUT2D eigenvalue weighted by Crippen LogP contribution is 2.25. The van der Waals surface area contributed by atoms with E-state index < -0.39 is 73.9 Å². The highest BCUT2D eigenvalue weighted by atomic mass is 16.6. The van der Waals surface area contributed by atoms with Crippen LogP contribution in [0.15, 0.2) is 0 Å². The molecular formula is C14H24O11. The number of esters is 1. The molecule has 0 aromatic heterocycles. The van der Waals surface area contributed by atoms with Gasteiger partial charge < -0.3 is 50.0 Å². The van der Waals surface area contributed by atoms with E-state index >= 15 is 0 Å². The Morgan fingerprint density at radius 3 is 2.00 bits per heavy atom. The van der Waals surface area contributed by atoms with E-state index in [1.54, 1.807) is 0 Å². The Bertz CT molecular complexity index is 442. The molecule has 7 N–H and O–H groups in total. The van der Waals surface area contributed by atoms with Crippen LogP contribution >= 0.6 is 0 Å². The molecule has 0 aliphatic carbocycles. The van der Waals surface area contributed by atoms with Gasteiger partial charge in [0.15, 0.2) is 6.10 Å². The minimum absolute atomic E-state index is 0.244. The summed E-state index contributed by atoms with van der Waals surface area (Å²) < 4.78 is 15.4. The van der Waals surface area contributed by atoms with E-state index in [1.165, 1.54) is 0 Å². The minimum Gasteiger partial charge on any atom is -0.457 e. The lowest BCUT2D eigenvalue weighted by atomic mass is 9.90. The normalized spacial score (nSPS) is 45.2. The summed E-state index contributed by atoms with van der Waals surface area (Å²) >= 11 is 0. The van der Waals surface area contributed by atoms with Crippen LogP contribution in [0.4, 0.5) is 0 Å². The van der Waals surface area contributed by atoms with Gasteiger partial charge in [-0.3, -0.25) is 0 Å². The van der Waals surface area contributed by atoms with Crippen molar-refractivity contribution < 1.29 is 54.8 Å². The van der Waals surface area contributed by atoms with Crippen LogP contribution in [-0.4, -0.2) is 117 Å². The molecule has 0 spiro atoms. The number of carbonyl (C=O) groups is 1. The monoisotopic (exact) mass is 368 g/mol. The number of cyclic esters (lactones) is 1. The Morgan fingerprint density at radius 2 is 1.40 bits per heavy atom. The van der Waals surface area contributed by atoms with E-state index in [9.17, 15) is 35.4 Å². The maximum Gasteiger partial charge on any atom is 0.338 e. The van der Waals surface area contributed by atoms with Gasteiger partial charge in [0.25, 0.3) is 0 Å². The van der Waals surface area contributed by atoms with Crippen LogP contribution in [0.2, 0.25) is 0 Å². The molecule has 146 valence electrons. The van der Waals surface area contributed by atoms with Gasteiger partial charge in [-0.05, 0) is 0 Å². The molecule has 0 aromatic carbocycles. The van der Waals surface area contributed by atoms with Crippen molar-refractivity contribution in [1.82, 2.24) is 0 Å². The fourth-order valence-corrected chi connectivity index (χ4v) is 2.91. The Labute approximate surface area is 143 Å². The van der Waals surface area contributed by atoms with Gasteiger partial charge in [-0.25, -0.2) is 4.79 Å². The number of carbonyl (C=O) groups excluding carboxylic acids is 1. The molecule has 25 heavy (non-hydrogen) atoms. The summed E-state index contributed by atoms with van der Waals surface area (Å²) in [7, 11) is 0. The third kappa shape index (κ3) is 4.27. The Balaban J connectivity index is 1.91. The van der Waals surface area contributed by atoms with Crippen molar-refractivity contribution in [3.63, 3.8) is 0 Å². The smallest absolute Gasteiger partial charge is 0.338 e. The molecule has 2 aliphatic rings. The first kappa shape index (κ1) is 20.4. The molecule has 0 saturated carbocycles. The van der Waals surface area contributed by atoms with E-state index in [4.69, 9.17) is 19.3 Å². The summed E-state index contributed by atoms with van der Waals surface area (Å²) in [6.45, 7) is -1.67. The van der Waals surface area contributed by atoms with Crippen LogP contribution in [0.1, 0.15) is 0 Å². The number of aliphatic hydroxyl groups excluding tert-OH is 7. The number of hydrogen-bond donors (Lipinski definition) is 7. The fraction of sp³-hybridized carbons (Fsp3) is 0.929. The molecule has 0 amide bonds. The molecule has 2 fully saturated rings. The third-order valence-electron chi connectivity index (χ3n) is 4.51. The molecule has 2 aliphatic heterocycles. The second kappa shape index (κ2) is 8.66. The maximum absolute atomic E-state index is 11.3. The van der Waals surface area contributed by atoms with Crippen molar-refractivity contribution in [1.29, 1.82) is 0 Å². The third-order valence-corrected chi connectivity index (χ3v) is 4.51. The molecular weight excluding hydrogens is 344 g/mol. The van der Waals surface area contributed by atoms with Gasteiger partial charge in [0.05, 0.1) is 38.4 Å². The van der Waals surface area contributed by atoms with Crippen LogP contribution in [0.25, 0.3) is 0 Å². The van der Waals surface area contributed by atoms with Crippen LogP contribution < -0.4 is 0 Å². The summed E-state index contributed by atoms with van der Waals surface area (Å²) in [6, 6.07) is 0. The summed E-state index contributed by atoms with van der Waals surface area (Å²) in [6.07, 6.45) is -10.9. The van der Waals surface area contributed by atoms with Gasteiger partial charge in [-0.2, -0.15) is 0 Å². The molecule has 2 rings (SSSR count). The zero-order valence-corrected chi connectivity index (χ0v) is 13.3. The lowest BCUT2D eigenvalue weighted by molar-refractivity contribution is -0.242. The average molecular weight is 368 g/mol. The van der Waals surface area contributed by atoms with Crippen molar-refractivity contribution >= 4 is 5.97 Å². The number of ether oxygens (including phenoxy) is 3. The predicted molar refractivity (Wildman–Crippen MR) is 77.1 cm³/mol. The molecule has 0 radical (unpaired) electrons. The highest BCUT2D eigenvalue weighted by molar-refractivity contribution is 5.76. The maximum atomic E-state index is 11.3. The lowest BCUT2D eigenvalue weighted by Gasteiger charge is -2.40. The zero-order valence-electron chi connectivity index (χ0n) is 13.3. The van der Waals surface area contributed by atoms with Gasteiger partial charge in [-0.1, -0.05) is 0 Å².